The average molecular weight is 1130 g/mol. The van der Waals surface area contributed by atoms with Gasteiger partial charge < -0.3 is 28.1 Å². The largest absolute Gasteiger partial charge is 0.310 e. The van der Waals surface area contributed by atoms with Crippen LogP contribution in [0.1, 0.15) is 0 Å². The summed E-state index contributed by atoms with van der Waals surface area (Å²) in [5, 5.41) is 7.17. The second-order valence-electron chi connectivity index (χ2n) is 22.6. The minimum atomic E-state index is 1.07. The van der Waals surface area contributed by atoms with Gasteiger partial charge in [-0.15, -0.1) is 0 Å². The summed E-state index contributed by atoms with van der Waals surface area (Å²) >= 11 is 0. The second kappa shape index (κ2) is 21.0. The molecule has 6 heteroatoms. The zero-order chi connectivity index (χ0) is 58.1. The summed E-state index contributed by atoms with van der Waals surface area (Å²) in [6.45, 7) is 0. The van der Waals surface area contributed by atoms with E-state index in [1.807, 2.05) is 0 Å². The van der Waals surface area contributed by atoms with Gasteiger partial charge >= 0.3 is 0 Å². The Kier molecular flexibility index (Phi) is 12.1. The van der Waals surface area contributed by atoms with Crippen LogP contribution in [0.2, 0.25) is 0 Å². The first-order valence-corrected chi connectivity index (χ1v) is 30.1. The number of hydrogen-bond acceptors (Lipinski definition) is 2. The van der Waals surface area contributed by atoms with Crippen molar-refractivity contribution in [3.8, 4) is 45.3 Å². The van der Waals surface area contributed by atoms with Gasteiger partial charge in [0.25, 0.3) is 0 Å². The van der Waals surface area contributed by atoms with E-state index >= 15 is 0 Å². The molecule has 0 unspecified atom stereocenters. The number of aromatic nitrogens is 4. The third kappa shape index (κ3) is 8.49. The number of rotatable bonds is 12. The lowest BCUT2D eigenvalue weighted by molar-refractivity contribution is 1.13. The quantitative estimate of drug-likeness (QED) is 0.122. The molecule has 0 radical (unpaired) electrons. The summed E-state index contributed by atoms with van der Waals surface area (Å²) in [5.41, 5.74) is 22.5. The number of fused-ring (bicyclic) bond motifs is 8. The highest BCUT2D eigenvalue weighted by Crippen LogP contribution is 2.45. The maximum absolute atomic E-state index is 2.43. The molecule has 0 amide bonds. The molecule has 0 N–H and O–H groups in total. The van der Waals surface area contributed by atoms with Crippen molar-refractivity contribution in [3.05, 3.63) is 340 Å². The van der Waals surface area contributed by atoms with E-state index in [9.17, 15) is 0 Å². The molecule has 0 fully saturated rings. The molecule has 0 saturated heterocycles. The fourth-order valence-electron chi connectivity index (χ4n) is 13.6. The van der Waals surface area contributed by atoms with Crippen LogP contribution in [0.15, 0.2) is 340 Å². The monoisotopic (exact) mass is 1120 g/mol. The van der Waals surface area contributed by atoms with E-state index in [2.05, 4.69) is 368 Å². The molecule has 6 nitrogen and oxygen atoms in total. The molecule has 414 valence electrons. The molecular weight excluding hydrogens is 1070 g/mol. The van der Waals surface area contributed by atoms with Gasteiger partial charge in [0.2, 0.25) is 0 Å². The molecule has 13 aromatic carbocycles. The highest BCUT2D eigenvalue weighted by atomic mass is 15.2. The molecule has 0 saturated carbocycles. The summed E-state index contributed by atoms with van der Waals surface area (Å²) in [7, 11) is 0. The Hall–Kier alpha value is -11.9. The number of para-hydroxylation sites is 8. The van der Waals surface area contributed by atoms with Gasteiger partial charge in [-0.2, -0.15) is 0 Å². The van der Waals surface area contributed by atoms with Crippen LogP contribution in [0.5, 0.6) is 0 Å². The van der Waals surface area contributed by atoms with Crippen LogP contribution in [-0.4, -0.2) is 18.3 Å². The number of anilines is 6. The highest BCUT2D eigenvalue weighted by molar-refractivity contribution is 6.12. The predicted molar refractivity (Wildman–Crippen MR) is 369 cm³/mol. The lowest BCUT2D eigenvalue weighted by Gasteiger charge is -2.26. The SMILES string of the molecule is c1ccc(N(c2ccc(-c3cc4cc5c(cc(-c6ccc(N(c7ccccc7)c7ccc8c(c7)c7ccccc7n8-c7ccccc7)cc6)n5-c5ccccc5)cc4n3-c3ccccc3)cc2)c2ccc3c(c2)c2ccccc2n3-c2ccccc2)cc1. The Labute approximate surface area is 509 Å². The first-order chi connectivity index (χ1) is 43.7. The maximum atomic E-state index is 2.43. The Balaban J connectivity index is 0.765. The Morgan fingerprint density at radius 2 is 0.466 bits per heavy atom. The van der Waals surface area contributed by atoms with Crippen molar-refractivity contribution in [1.82, 2.24) is 18.3 Å². The van der Waals surface area contributed by atoms with Crippen LogP contribution >= 0.6 is 0 Å². The van der Waals surface area contributed by atoms with Gasteiger partial charge in [0.15, 0.2) is 0 Å². The summed E-state index contributed by atoms with van der Waals surface area (Å²) in [5.74, 6) is 0. The van der Waals surface area contributed by atoms with Gasteiger partial charge in [-0.3, -0.25) is 0 Å². The van der Waals surface area contributed by atoms with E-state index in [0.717, 1.165) is 101 Å². The lowest BCUT2D eigenvalue weighted by atomic mass is 10.1. The van der Waals surface area contributed by atoms with Crippen molar-refractivity contribution in [2.75, 3.05) is 9.80 Å². The molecule has 4 aromatic heterocycles. The van der Waals surface area contributed by atoms with Crippen molar-refractivity contribution in [3.63, 3.8) is 0 Å². The van der Waals surface area contributed by atoms with E-state index < -0.39 is 0 Å². The molecule has 0 bridgehead atoms. The molecule has 0 aliphatic heterocycles. The fourth-order valence-corrected chi connectivity index (χ4v) is 13.6. The number of hydrogen-bond donors (Lipinski definition) is 0. The van der Waals surface area contributed by atoms with Gasteiger partial charge in [-0.25, -0.2) is 0 Å². The van der Waals surface area contributed by atoms with Crippen LogP contribution in [0.3, 0.4) is 0 Å². The molecule has 4 heterocycles. The molecule has 0 aliphatic rings. The zero-order valence-electron chi connectivity index (χ0n) is 48.0. The summed E-state index contributed by atoms with van der Waals surface area (Å²) in [6, 6.07) is 123. The first kappa shape index (κ1) is 50.6. The van der Waals surface area contributed by atoms with E-state index in [4.69, 9.17) is 0 Å². The Morgan fingerprint density at radius 3 is 0.830 bits per heavy atom. The smallest absolute Gasteiger partial charge is 0.0542 e. The van der Waals surface area contributed by atoms with Crippen molar-refractivity contribution >= 4 is 99.5 Å². The zero-order valence-corrected chi connectivity index (χ0v) is 48.0. The average Bonchev–Trinajstić information content (AvgIpc) is 2.09. The normalized spacial score (nSPS) is 11.6. The molecule has 17 rings (SSSR count). The minimum absolute atomic E-state index is 1.07. The third-order valence-corrected chi connectivity index (χ3v) is 17.5. The second-order valence-corrected chi connectivity index (χ2v) is 22.6. The fraction of sp³-hybridized carbons (Fsp3) is 0. The third-order valence-electron chi connectivity index (χ3n) is 17.5. The van der Waals surface area contributed by atoms with Gasteiger partial charge in [0.1, 0.15) is 0 Å². The van der Waals surface area contributed by atoms with Crippen LogP contribution < -0.4 is 9.80 Å². The van der Waals surface area contributed by atoms with Crippen LogP contribution in [0.4, 0.5) is 34.1 Å². The van der Waals surface area contributed by atoms with E-state index in [-0.39, 0.29) is 0 Å². The van der Waals surface area contributed by atoms with Gasteiger partial charge in [0, 0.05) is 89.2 Å². The van der Waals surface area contributed by atoms with Crippen molar-refractivity contribution in [1.29, 1.82) is 0 Å². The molecular formula is C82H56N6. The molecule has 17 aromatic rings. The lowest BCUT2D eigenvalue weighted by Crippen LogP contribution is -2.09. The Morgan fingerprint density at radius 1 is 0.182 bits per heavy atom. The van der Waals surface area contributed by atoms with E-state index in [0.29, 0.717) is 0 Å². The van der Waals surface area contributed by atoms with E-state index in [1.54, 1.807) is 0 Å². The molecule has 0 aliphatic carbocycles. The van der Waals surface area contributed by atoms with Gasteiger partial charge in [-0.05, 0) is 181 Å². The maximum Gasteiger partial charge on any atom is 0.0542 e. The van der Waals surface area contributed by atoms with E-state index in [1.165, 1.54) is 43.6 Å². The molecule has 0 atom stereocenters. The first-order valence-electron chi connectivity index (χ1n) is 30.1. The standard InChI is InChI=1S/C82H56N6/c1-7-23-61(24-8-1)83(69-47-49-77-73(55-69)71-35-19-21-37-75(71)85(77)63-27-11-3-12-28-63)67-43-39-57(40-44-67)79-51-59-53-82-60(54-81(59)87(79)65-31-15-5-16-32-65)52-80(88(82)66-33-17-6-18-34-66)58-41-45-68(46-42-58)84(62-25-9-2-10-26-62)70-48-50-78-74(56-70)72-36-20-22-38-76(72)86(78)64-29-13-4-14-30-64/h1-56H. The van der Waals surface area contributed by atoms with Crippen LogP contribution in [0.25, 0.3) is 111 Å². The molecule has 0 spiro atoms. The Bertz CT molecular complexity index is 5060. The van der Waals surface area contributed by atoms with Crippen LogP contribution in [-0.2, 0) is 0 Å². The summed E-state index contributed by atoms with van der Waals surface area (Å²) in [6.07, 6.45) is 0. The minimum Gasteiger partial charge on any atom is -0.310 e. The van der Waals surface area contributed by atoms with Crippen molar-refractivity contribution in [2.45, 2.75) is 0 Å². The number of benzene rings is 13. The number of nitrogens with zero attached hydrogens (tertiary/aromatic N) is 6. The van der Waals surface area contributed by atoms with Gasteiger partial charge in [0.05, 0.1) is 44.5 Å². The molecule has 88 heavy (non-hydrogen) atoms. The summed E-state index contributed by atoms with van der Waals surface area (Å²) < 4.78 is 9.61. The van der Waals surface area contributed by atoms with Crippen molar-refractivity contribution < 1.29 is 0 Å². The van der Waals surface area contributed by atoms with Gasteiger partial charge in [-0.1, -0.05) is 170 Å². The topological polar surface area (TPSA) is 26.2 Å². The predicted octanol–water partition coefficient (Wildman–Crippen LogP) is 22.0. The summed E-state index contributed by atoms with van der Waals surface area (Å²) in [4.78, 5) is 4.74. The van der Waals surface area contributed by atoms with Crippen LogP contribution in [0, 0.1) is 0 Å². The van der Waals surface area contributed by atoms with Crippen molar-refractivity contribution in [2.24, 2.45) is 0 Å². The highest BCUT2D eigenvalue weighted by Gasteiger charge is 2.23.